The molecule has 0 bridgehead atoms. The minimum absolute atomic E-state index is 0.0876. The summed E-state index contributed by atoms with van der Waals surface area (Å²) in [6, 6.07) is 3.29. The molecule has 1 aliphatic rings. The number of amides is 1. The van der Waals surface area contributed by atoms with Crippen molar-refractivity contribution in [1.82, 2.24) is 10.3 Å². The van der Waals surface area contributed by atoms with Gasteiger partial charge in [-0.15, -0.1) is 0 Å². The summed E-state index contributed by atoms with van der Waals surface area (Å²) in [4.78, 5) is 15.5. The van der Waals surface area contributed by atoms with Gasteiger partial charge in [0.25, 0.3) is 0 Å². The zero-order chi connectivity index (χ0) is 11.4. The molecule has 4 nitrogen and oxygen atoms in total. The summed E-state index contributed by atoms with van der Waals surface area (Å²) in [5.74, 6) is 1.18. The monoisotopic (exact) mass is 239 g/mol. The Kier molecular flexibility index (Phi) is 3.74. The van der Waals surface area contributed by atoms with E-state index < -0.39 is 0 Å². The Hall–Kier alpha value is -1.13. The van der Waals surface area contributed by atoms with Gasteiger partial charge < -0.3 is 10.6 Å². The SMILES string of the molecule is O=C(CNCC1CC1)Nc1cc(Cl)ccn1. The van der Waals surface area contributed by atoms with Crippen molar-refractivity contribution in [2.45, 2.75) is 12.8 Å². The van der Waals surface area contributed by atoms with Crippen LogP contribution < -0.4 is 10.6 Å². The third kappa shape index (κ3) is 3.79. The van der Waals surface area contributed by atoms with Gasteiger partial charge in [0.1, 0.15) is 5.82 Å². The molecule has 1 heterocycles. The van der Waals surface area contributed by atoms with Crippen LogP contribution in [-0.4, -0.2) is 24.0 Å². The lowest BCUT2D eigenvalue weighted by Crippen LogP contribution is -2.29. The summed E-state index contributed by atoms with van der Waals surface area (Å²) in [6.45, 7) is 1.25. The first-order valence-corrected chi connectivity index (χ1v) is 5.74. The van der Waals surface area contributed by atoms with Crippen molar-refractivity contribution in [1.29, 1.82) is 0 Å². The summed E-state index contributed by atoms with van der Waals surface area (Å²) in [7, 11) is 0. The van der Waals surface area contributed by atoms with E-state index in [0.29, 0.717) is 17.4 Å². The van der Waals surface area contributed by atoms with Gasteiger partial charge in [-0.05, 0) is 37.4 Å². The normalized spacial score (nSPS) is 14.8. The lowest BCUT2D eigenvalue weighted by Gasteiger charge is -2.05. The standard InChI is InChI=1S/C11H14ClN3O/c12-9-3-4-14-10(5-9)15-11(16)7-13-6-8-1-2-8/h3-5,8,13H,1-2,6-7H2,(H,14,15,16). The highest BCUT2D eigenvalue weighted by molar-refractivity contribution is 6.30. The second kappa shape index (κ2) is 5.27. The predicted molar refractivity (Wildman–Crippen MR) is 63.5 cm³/mol. The van der Waals surface area contributed by atoms with Crippen LogP contribution in [0.3, 0.4) is 0 Å². The quantitative estimate of drug-likeness (QED) is 0.822. The molecule has 16 heavy (non-hydrogen) atoms. The Balaban J connectivity index is 1.73. The summed E-state index contributed by atoms with van der Waals surface area (Å²) in [5, 5.41) is 6.36. The number of anilines is 1. The fourth-order valence-corrected chi connectivity index (χ4v) is 1.53. The van der Waals surface area contributed by atoms with E-state index in [2.05, 4.69) is 15.6 Å². The van der Waals surface area contributed by atoms with Crippen LogP contribution in [-0.2, 0) is 4.79 Å². The first kappa shape index (κ1) is 11.4. The molecule has 0 spiro atoms. The number of rotatable bonds is 5. The van der Waals surface area contributed by atoms with Crippen LogP contribution in [0.2, 0.25) is 5.02 Å². The van der Waals surface area contributed by atoms with Crippen LogP contribution in [0.4, 0.5) is 5.82 Å². The maximum atomic E-state index is 11.5. The van der Waals surface area contributed by atoms with E-state index in [9.17, 15) is 4.79 Å². The minimum Gasteiger partial charge on any atom is -0.310 e. The average Bonchev–Trinajstić information content (AvgIpc) is 3.01. The zero-order valence-corrected chi connectivity index (χ0v) is 9.63. The highest BCUT2D eigenvalue weighted by atomic mass is 35.5. The molecule has 86 valence electrons. The summed E-state index contributed by atoms with van der Waals surface area (Å²) in [6.07, 6.45) is 4.13. The van der Waals surface area contributed by atoms with E-state index in [4.69, 9.17) is 11.6 Å². The maximum Gasteiger partial charge on any atom is 0.239 e. The van der Waals surface area contributed by atoms with Crippen molar-refractivity contribution < 1.29 is 4.79 Å². The molecular formula is C11H14ClN3O. The van der Waals surface area contributed by atoms with Gasteiger partial charge in [-0.1, -0.05) is 11.6 Å². The predicted octanol–water partition coefficient (Wildman–Crippen LogP) is 1.67. The summed E-state index contributed by atoms with van der Waals surface area (Å²) >= 11 is 5.78. The van der Waals surface area contributed by atoms with E-state index in [0.717, 1.165) is 12.5 Å². The van der Waals surface area contributed by atoms with Crippen LogP contribution in [0.5, 0.6) is 0 Å². The molecule has 0 radical (unpaired) electrons. The number of carbonyl (C=O) groups excluding carboxylic acids is 1. The number of hydrogen-bond donors (Lipinski definition) is 2. The average molecular weight is 240 g/mol. The molecule has 1 aromatic heterocycles. The number of hydrogen-bond acceptors (Lipinski definition) is 3. The molecule has 0 aliphatic heterocycles. The molecule has 5 heteroatoms. The van der Waals surface area contributed by atoms with Crippen LogP contribution in [0.25, 0.3) is 0 Å². The number of pyridine rings is 1. The summed E-state index contributed by atoms with van der Waals surface area (Å²) < 4.78 is 0. The largest absolute Gasteiger partial charge is 0.310 e. The first-order chi connectivity index (χ1) is 7.74. The van der Waals surface area contributed by atoms with Gasteiger partial charge in [0.05, 0.1) is 6.54 Å². The third-order valence-corrected chi connectivity index (χ3v) is 2.64. The van der Waals surface area contributed by atoms with Crippen molar-refractivity contribution >= 4 is 23.3 Å². The van der Waals surface area contributed by atoms with Gasteiger partial charge in [0.2, 0.25) is 5.91 Å². The Labute approximate surface area is 99.4 Å². The van der Waals surface area contributed by atoms with E-state index in [1.54, 1.807) is 18.3 Å². The molecule has 2 rings (SSSR count). The lowest BCUT2D eigenvalue weighted by molar-refractivity contribution is -0.115. The minimum atomic E-state index is -0.0876. The van der Waals surface area contributed by atoms with Crippen LogP contribution >= 0.6 is 11.6 Å². The van der Waals surface area contributed by atoms with E-state index >= 15 is 0 Å². The first-order valence-electron chi connectivity index (χ1n) is 5.36. The molecule has 0 saturated heterocycles. The third-order valence-electron chi connectivity index (χ3n) is 2.40. The molecule has 1 saturated carbocycles. The van der Waals surface area contributed by atoms with Crippen molar-refractivity contribution in [3.8, 4) is 0 Å². The van der Waals surface area contributed by atoms with Gasteiger partial charge >= 0.3 is 0 Å². The van der Waals surface area contributed by atoms with Gasteiger partial charge in [0, 0.05) is 11.2 Å². The Bertz CT molecular complexity index is 379. The second-order valence-electron chi connectivity index (χ2n) is 3.98. The van der Waals surface area contributed by atoms with Crippen LogP contribution in [0, 0.1) is 5.92 Å². The zero-order valence-electron chi connectivity index (χ0n) is 8.87. The van der Waals surface area contributed by atoms with Gasteiger partial charge in [-0.2, -0.15) is 0 Å². The molecule has 1 fully saturated rings. The Morgan fingerprint density at radius 3 is 3.06 bits per heavy atom. The van der Waals surface area contributed by atoms with Crippen molar-refractivity contribution in [3.63, 3.8) is 0 Å². The van der Waals surface area contributed by atoms with Crippen LogP contribution in [0.15, 0.2) is 18.3 Å². The molecular weight excluding hydrogens is 226 g/mol. The molecule has 0 aromatic carbocycles. The molecule has 0 atom stereocenters. The molecule has 1 amide bonds. The second-order valence-corrected chi connectivity index (χ2v) is 4.42. The smallest absolute Gasteiger partial charge is 0.239 e. The van der Waals surface area contributed by atoms with Gasteiger partial charge in [-0.3, -0.25) is 4.79 Å². The van der Waals surface area contributed by atoms with Crippen molar-refractivity contribution in [2.24, 2.45) is 5.92 Å². The number of halogens is 1. The number of nitrogens with one attached hydrogen (secondary N) is 2. The highest BCUT2D eigenvalue weighted by Gasteiger charge is 2.20. The summed E-state index contributed by atoms with van der Waals surface area (Å²) in [5.41, 5.74) is 0. The van der Waals surface area contributed by atoms with Gasteiger partial charge in [-0.25, -0.2) is 4.98 Å². The van der Waals surface area contributed by atoms with Crippen molar-refractivity contribution in [2.75, 3.05) is 18.4 Å². The van der Waals surface area contributed by atoms with E-state index in [1.165, 1.54) is 12.8 Å². The fraction of sp³-hybridized carbons (Fsp3) is 0.455. The van der Waals surface area contributed by atoms with E-state index in [1.807, 2.05) is 0 Å². The van der Waals surface area contributed by atoms with Gasteiger partial charge in [0.15, 0.2) is 0 Å². The topological polar surface area (TPSA) is 54.0 Å². The molecule has 1 aliphatic carbocycles. The number of carbonyl (C=O) groups is 1. The van der Waals surface area contributed by atoms with E-state index in [-0.39, 0.29) is 5.91 Å². The van der Waals surface area contributed by atoms with Crippen LogP contribution in [0.1, 0.15) is 12.8 Å². The molecule has 2 N–H and O–H groups in total. The highest BCUT2D eigenvalue weighted by Crippen LogP contribution is 2.27. The van der Waals surface area contributed by atoms with Crippen molar-refractivity contribution in [3.05, 3.63) is 23.4 Å². The lowest BCUT2D eigenvalue weighted by atomic mass is 10.4. The molecule has 1 aromatic rings. The number of nitrogens with zero attached hydrogens (tertiary/aromatic N) is 1. The Morgan fingerprint density at radius 1 is 1.56 bits per heavy atom. The fourth-order valence-electron chi connectivity index (χ4n) is 1.37. The maximum absolute atomic E-state index is 11.5. The number of aromatic nitrogens is 1. The molecule has 0 unspecified atom stereocenters. The Morgan fingerprint density at radius 2 is 2.38 bits per heavy atom.